The molecule has 0 bridgehead atoms. The molecule has 7 heteroatoms. The number of carbonyl (C=O) groups excluding carboxylic acids is 1. The highest BCUT2D eigenvalue weighted by molar-refractivity contribution is 5.94. The molecule has 2 aromatic rings. The molecule has 1 amide bonds. The summed E-state index contributed by atoms with van der Waals surface area (Å²) < 4.78 is 7.02. The molecule has 0 spiro atoms. The first-order valence-corrected chi connectivity index (χ1v) is 7.86. The Kier molecular flexibility index (Phi) is 4.79. The number of carbonyl (C=O) groups is 2. The number of carboxylic acid groups (broad SMARTS) is 1. The second-order valence-corrected chi connectivity index (χ2v) is 5.72. The van der Waals surface area contributed by atoms with Crippen molar-refractivity contribution in [1.82, 2.24) is 14.7 Å². The Morgan fingerprint density at radius 2 is 1.92 bits per heavy atom. The number of carboxylic acids is 1. The zero-order valence-electron chi connectivity index (χ0n) is 13.2. The van der Waals surface area contributed by atoms with Gasteiger partial charge in [0.1, 0.15) is 5.75 Å². The minimum atomic E-state index is -1.03. The molecule has 24 heavy (non-hydrogen) atoms. The van der Waals surface area contributed by atoms with Crippen LogP contribution in [0, 0.1) is 0 Å². The fraction of sp³-hybridized carbons (Fsp3) is 0.353. The van der Waals surface area contributed by atoms with Crippen LogP contribution in [-0.4, -0.2) is 51.4 Å². The van der Waals surface area contributed by atoms with Gasteiger partial charge in [0.15, 0.2) is 6.61 Å². The molecule has 1 aromatic carbocycles. The van der Waals surface area contributed by atoms with Crippen LogP contribution in [0.5, 0.6) is 5.75 Å². The molecule has 1 aromatic heterocycles. The number of amides is 1. The van der Waals surface area contributed by atoms with Gasteiger partial charge in [0.05, 0.1) is 6.04 Å². The molecular formula is C17H19N3O4. The van der Waals surface area contributed by atoms with Crippen molar-refractivity contribution < 1.29 is 19.4 Å². The first-order chi connectivity index (χ1) is 11.6. The summed E-state index contributed by atoms with van der Waals surface area (Å²) in [5.41, 5.74) is 0.579. The van der Waals surface area contributed by atoms with Gasteiger partial charge in [-0.1, -0.05) is 0 Å². The number of hydrogen-bond acceptors (Lipinski definition) is 4. The Balaban J connectivity index is 1.56. The highest BCUT2D eigenvalue weighted by Crippen LogP contribution is 2.23. The van der Waals surface area contributed by atoms with E-state index in [0.717, 1.165) is 12.8 Å². The van der Waals surface area contributed by atoms with Crippen LogP contribution in [0.3, 0.4) is 0 Å². The number of piperidine rings is 1. The highest BCUT2D eigenvalue weighted by atomic mass is 16.5. The summed E-state index contributed by atoms with van der Waals surface area (Å²) in [6.45, 7) is 0.996. The quantitative estimate of drug-likeness (QED) is 0.904. The van der Waals surface area contributed by atoms with E-state index in [-0.39, 0.29) is 5.91 Å². The Bertz CT molecular complexity index is 689. The van der Waals surface area contributed by atoms with Gasteiger partial charge in [-0.3, -0.25) is 9.48 Å². The van der Waals surface area contributed by atoms with E-state index in [0.29, 0.717) is 30.4 Å². The van der Waals surface area contributed by atoms with Gasteiger partial charge >= 0.3 is 5.97 Å². The average Bonchev–Trinajstić information content (AvgIpc) is 3.14. The number of hydrogen-bond donors (Lipinski definition) is 1. The van der Waals surface area contributed by atoms with Crippen LogP contribution in [0.15, 0.2) is 42.7 Å². The van der Waals surface area contributed by atoms with E-state index in [2.05, 4.69) is 5.10 Å². The lowest BCUT2D eigenvalue weighted by Crippen LogP contribution is -2.39. The summed E-state index contributed by atoms with van der Waals surface area (Å²) in [4.78, 5) is 24.9. The molecule has 2 heterocycles. The van der Waals surface area contributed by atoms with Gasteiger partial charge in [0.25, 0.3) is 5.91 Å². The maximum Gasteiger partial charge on any atom is 0.341 e. The van der Waals surface area contributed by atoms with E-state index in [1.165, 1.54) is 0 Å². The molecule has 0 atom stereocenters. The number of ether oxygens (including phenoxy) is 1. The Morgan fingerprint density at radius 3 is 2.50 bits per heavy atom. The van der Waals surface area contributed by atoms with Gasteiger partial charge in [-0.15, -0.1) is 0 Å². The van der Waals surface area contributed by atoms with E-state index in [9.17, 15) is 9.59 Å². The zero-order valence-corrected chi connectivity index (χ0v) is 13.2. The van der Waals surface area contributed by atoms with Crippen LogP contribution in [-0.2, 0) is 4.79 Å². The summed E-state index contributed by atoms with van der Waals surface area (Å²) in [7, 11) is 0. The van der Waals surface area contributed by atoms with Crippen molar-refractivity contribution in [2.45, 2.75) is 18.9 Å². The van der Waals surface area contributed by atoms with Crippen LogP contribution < -0.4 is 4.74 Å². The third-order valence-electron chi connectivity index (χ3n) is 4.11. The van der Waals surface area contributed by atoms with Crippen molar-refractivity contribution in [2.24, 2.45) is 0 Å². The molecule has 1 fully saturated rings. The van der Waals surface area contributed by atoms with E-state index < -0.39 is 12.6 Å². The highest BCUT2D eigenvalue weighted by Gasteiger charge is 2.24. The van der Waals surface area contributed by atoms with Crippen LogP contribution in [0.4, 0.5) is 0 Å². The largest absolute Gasteiger partial charge is 0.482 e. The molecule has 1 N–H and O–H groups in total. The second kappa shape index (κ2) is 7.16. The fourth-order valence-corrected chi connectivity index (χ4v) is 2.85. The van der Waals surface area contributed by atoms with Crippen molar-refractivity contribution in [2.75, 3.05) is 19.7 Å². The number of nitrogens with zero attached hydrogens (tertiary/aromatic N) is 3. The first kappa shape index (κ1) is 16.0. The third-order valence-corrected chi connectivity index (χ3v) is 4.11. The summed E-state index contributed by atoms with van der Waals surface area (Å²) in [6.07, 6.45) is 5.49. The van der Waals surface area contributed by atoms with Gasteiger partial charge in [0, 0.05) is 31.0 Å². The predicted octanol–water partition coefficient (Wildman–Crippen LogP) is 1.82. The van der Waals surface area contributed by atoms with Crippen molar-refractivity contribution in [1.29, 1.82) is 0 Å². The van der Waals surface area contributed by atoms with Gasteiger partial charge in [-0.05, 0) is 43.2 Å². The molecule has 7 nitrogen and oxygen atoms in total. The molecule has 1 aliphatic rings. The first-order valence-electron chi connectivity index (χ1n) is 7.86. The summed E-state index contributed by atoms with van der Waals surface area (Å²) in [5.74, 6) is -0.611. The molecule has 1 saturated heterocycles. The van der Waals surface area contributed by atoms with Gasteiger partial charge in [0.2, 0.25) is 0 Å². The van der Waals surface area contributed by atoms with Crippen molar-refractivity contribution in [3.8, 4) is 5.75 Å². The van der Waals surface area contributed by atoms with E-state index in [1.54, 1.807) is 30.5 Å². The van der Waals surface area contributed by atoms with Crippen molar-refractivity contribution in [3.63, 3.8) is 0 Å². The predicted molar refractivity (Wildman–Crippen MR) is 86.0 cm³/mol. The van der Waals surface area contributed by atoms with E-state index in [1.807, 2.05) is 21.8 Å². The standard InChI is InChI=1S/C17H19N3O4/c21-16(22)12-24-15-4-2-13(3-5-15)17(23)19-10-6-14(7-11-19)20-9-1-8-18-20/h1-5,8-9,14H,6-7,10-12H2,(H,21,22). The molecule has 0 saturated carbocycles. The summed E-state index contributed by atoms with van der Waals surface area (Å²) in [5, 5.41) is 12.9. The SMILES string of the molecule is O=C(O)COc1ccc(C(=O)N2CCC(n3cccn3)CC2)cc1. The average molecular weight is 329 g/mol. The summed E-state index contributed by atoms with van der Waals surface area (Å²) in [6, 6.07) is 8.82. The Morgan fingerprint density at radius 1 is 1.21 bits per heavy atom. The number of likely N-dealkylation sites (tertiary alicyclic amines) is 1. The molecule has 1 aliphatic heterocycles. The number of aliphatic carboxylic acids is 1. The topological polar surface area (TPSA) is 84.7 Å². The number of benzene rings is 1. The number of rotatable bonds is 5. The van der Waals surface area contributed by atoms with Crippen LogP contribution >= 0.6 is 0 Å². The van der Waals surface area contributed by atoms with Gasteiger partial charge < -0.3 is 14.7 Å². The summed E-state index contributed by atoms with van der Waals surface area (Å²) >= 11 is 0. The lowest BCUT2D eigenvalue weighted by Gasteiger charge is -2.32. The zero-order chi connectivity index (χ0) is 16.9. The maximum absolute atomic E-state index is 12.5. The van der Waals surface area contributed by atoms with E-state index in [4.69, 9.17) is 9.84 Å². The maximum atomic E-state index is 12.5. The van der Waals surface area contributed by atoms with E-state index >= 15 is 0 Å². The smallest absolute Gasteiger partial charge is 0.341 e. The molecular weight excluding hydrogens is 310 g/mol. The lowest BCUT2D eigenvalue weighted by atomic mass is 10.0. The number of aromatic nitrogens is 2. The normalized spacial score (nSPS) is 15.2. The van der Waals surface area contributed by atoms with Crippen molar-refractivity contribution in [3.05, 3.63) is 48.3 Å². The molecule has 0 unspecified atom stereocenters. The van der Waals surface area contributed by atoms with Crippen molar-refractivity contribution >= 4 is 11.9 Å². The molecule has 126 valence electrons. The molecule has 0 aliphatic carbocycles. The second-order valence-electron chi connectivity index (χ2n) is 5.72. The molecule has 0 radical (unpaired) electrons. The third kappa shape index (κ3) is 3.73. The fourth-order valence-electron chi connectivity index (χ4n) is 2.85. The van der Waals surface area contributed by atoms with Gasteiger partial charge in [-0.2, -0.15) is 5.10 Å². The van der Waals surface area contributed by atoms with Crippen LogP contribution in [0.25, 0.3) is 0 Å². The van der Waals surface area contributed by atoms with Crippen LogP contribution in [0.1, 0.15) is 29.2 Å². The van der Waals surface area contributed by atoms with Crippen LogP contribution in [0.2, 0.25) is 0 Å². The molecule has 3 rings (SSSR count). The Labute approximate surface area is 139 Å². The Hall–Kier alpha value is -2.83. The monoisotopic (exact) mass is 329 g/mol. The van der Waals surface area contributed by atoms with Gasteiger partial charge in [-0.25, -0.2) is 4.79 Å². The minimum absolute atomic E-state index is 0.0151. The lowest BCUT2D eigenvalue weighted by molar-refractivity contribution is -0.139. The minimum Gasteiger partial charge on any atom is -0.482 e.